The average molecular weight is 514 g/mol. The Bertz CT molecular complexity index is 1270. The first-order valence-corrected chi connectivity index (χ1v) is 17.7. The minimum absolute atomic E-state index is 0.167. The maximum Gasteiger partial charge on any atom is 0.199 e. The first kappa shape index (κ1) is 26.1. The minimum atomic E-state index is -1.60. The zero-order valence-corrected chi connectivity index (χ0v) is 24.0. The van der Waals surface area contributed by atoms with E-state index in [2.05, 4.69) is 91.3 Å². The predicted molar refractivity (Wildman–Crippen MR) is 160 cm³/mol. The largest absolute Gasteiger partial charge is 0.463 e. The normalized spacial score (nSPS) is 16.5. The Hall–Kier alpha value is -2.56. The summed E-state index contributed by atoms with van der Waals surface area (Å²) in [5.74, 6) is 0.923. The van der Waals surface area contributed by atoms with Crippen molar-refractivity contribution < 1.29 is 9.47 Å². The van der Waals surface area contributed by atoms with Crippen molar-refractivity contribution in [1.29, 1.82) is 0 Å². The number of unbranched alkanes of at least 4 members (excludes halogenated alkanes) is 5. The molecule has 2 heterocycles. The number of ether oxygens (including phenoxy) is 2. The molecule has 1 aliphatic rings. The highest BCUT2D eigenvalue weighted by Gasteiger charge is 2.26. The summed E-state index contributed by atoms with van der Waals surface area (Å²) < 4.78 is 15.0. The van der Waals surface area contributed by atoms with Crippen LogP contribution in [-0.4, -0.2) is 25.5 Å². The summed E-state index contributed by atoms with van der Waals surface area (Å²) in [6, 6.07) is 25.9. The molecule has 4 aromatic rings. The van der Waals surface area contributed by atoms with Crippen molar-refractivity contribution >= 4 is 35.1 Å². The highest BCUT2D eigenvalue weighted by molar-refractivity contribution is 6.89. The summed E-state index contributed by atoms with van der Waals surface area (Å²) in [5, 5.41) is 4.08. The van der Waals surface area contributed by atoms with Gasteiger partial charge in [0.05, 0.1) is 31.4 Å². The molecular formula is C33H43NO2Si. The van der Waals surface area contributed by atoms with Crippen molar-refractivity contribution in [3.63, 3.8) is 0 Å². The molecule has 0 amide bonds. The van der Waals surface area contributed by atoms with Gasteiger partial charge in [0.25, 0.3) is 0 Å². The number of hydrogen-bond acceptors (Lipinski definition) is 2. The van der Waals surface area contributed by atoms with Crippen molar-refractivity contribution in [2.45, 2.75) is 90.1 Å². The van der Waals surface area contributed by atoms with Gasteiger partial charge in [-0.05, 0) is 37.1 Å². The van der Waals surface area contributed by atoms with E-state index in [1.165, 1.54) is 71.6 Å². The number of para-hydroxylation sites is 2. The van der Waals surface area contributed by atoms with Crippen LogP contribution in [0.1, 0.15) is 64.7 Å². The molecule has 0 N–H and O–H groups in total. The third kappa shape index (κ3) is 5.81. The number of rotatable bonds is 11. The van der Waals surface area contributed by atoms with Gasteiger partial charge >= 0.3 is 0 Å². The van der Waals surface area contributed by atoms with Crippen LogP contribution in [0.25, 0.3) is 27.5 Å². The summed E-state index contributed by atoms with van der Waals surface area (Å²) >= 11 is 0. The molecule has 1 aromatic heterocycles. The van der Waals surface area contributed by atoms with Gasteiger partial charge in [-0.25, -0.2) is 0 Å². The molecule has 1 unspecified atom stereocenters. The van der Waals surface area contributed by atoms with E-state index in [0.717, 1.165) is 37.3 Å². The fourth-order valence-electron chi connectivity index (χ4n) is 5.83. The van der Waals surface area contributed by atoms with Gasteiger partial charge in [-0.3, -0.25) is 0 Å². The third-order valence-electron chi connectivity index (χ3n) is 8.11. The predicted octanol–water partition coefficient (Wildman–Crippen LogP) is 8.97. The Morgan fingerprint density at radius 3 is 2.19 bits per heavy atom. The number of benzene rings is 3. The maximum atomic E-state index is 6.58. The van der Waals surface area contributed by atoms with Crippen molar-refractivity contribution in [3.05, 3.63) is 66.7 Å². The second-order valence-corrected chi connectivity index (χ2v) is 16.2. The Kier molecular flexibility index (Phi) is 8.36. The summed E-state index contributed by atoms with van der Waals surface area (Å²) in [5.41, 5.74) is 3.60. The molecule has 37 heavy (non-hydrogen) atoms. The molecule has 0 radical (unpaired) electrons. The van der Waals surface area contributed by atoms with E-state index in [-0.39, 0.29) is 6.29 Å². The lowest BCUT2D eigenvalue weighted by atomic mass is 10.1. The monoisotopic (exact) mass is 513 g/mol. The summed E-state index contributed by atoms with van der Waals surface area (Å²) in [4.78, 5) is 0. The van der Waals surface area contributed by atoms with E-state index in [9.17, 15) is 0 Å². The van der Waals surface area contributed by atoms with Gasteiger partial charge in [0, 0.05) is 17.2 Å². The first-order valence-electron chi connectivity index (χ1n) is 14.5. The molecule has 0 aliphatic carbocycles. The Labute approximate surface area is 223 Å². The number of nitrogens with zero attached hydrogens (tertiary/aromatic N) is 1. The molecule has 3 nitrogen and oxygen atoms in total. The number of aromatic nitrogens is 1. The van der Waals surface area contributed by atoms with Crippen molar-refractivity contribution in [1.82, 2.24) is 4.57 Å². The summed E-state index contributed by atoms with van der Waals surface area (Å²) in [6.07, 6.45) is 11.2. The molecule has 4 heteroatoms. The van der Waals surface area contributed by atoms with E-state index in [0.29, 0.717) is 0 Å². The van der Waals surface area contributed by atoms with Crippen LogP contribution in [0.5, 0.6) is 5.75 Å². The average Bonchev–Trinajstić information content (AvgIpc) is 3.26. The number of hydrogen-bond donors (Lipinski definition) is 0. The Morgan fingerprint density at radius 2 is 1.51 bits per heavy atom. The molecule has 0 saturated carbocycles. The van der Waals surface area contributed by atoms with Gasteiger partial charge in [-0.15, -0.1) is 0 Å². The highest BCUT2D eigenvalue weighted by Crippen LogP contribution is 2.36. The molecule has 1 saturated heterocycles. The van der Waals surface area contributed by atoms with Crippen molar-refractivity contribution in [3.8, 4) is 11.4 Å². The second-order valence-electron chi connectivity index (χ2n) is 11.4. The van der Waals surface area contributed by atoms with Crippen LogP contribution < -0.4 is 9.92 Å². The molecule has 1 fully saturated rings. The van der Waals surface area contributed by atoms with Crippen LogP contribution in [0.15, 0.2) is 66.7 Å². The molecule has 5 rings (SSSR count). The Morgan fingerprint density at radius 1 is 0.838 bits per heavy atom. The maximum absolute atomic E-state index is 6.58. The molecule has 0 spiro atoms. The van der Waals surface area contributed by atoms with E-state index in [4.69, 9.17) is 9.47 Å². The van der Waals surface area contributed by atoms with Crippen LogP contribution in [-0.2, 0) is 4.74 Å². The number of fused-ring (bicyclic) bond motifs is 3. The van der Waals surface area contributed by atoms with Gasteiger partial charge in [0.2, 0.25) is 0 Å². The van der Waals surface area contributed by atoms with E-state index >= 15 is 0 Å². The fourth-order valence-corrected chi connectivity index (χ4v) is 8.32. The fraction of sp³-hybridized carbons (Fsp3) is 0.455. The van der Waals surface area contributed by atoms with Gasteiger partial charge in [0.1, 0.15) is 5.75 Å². The van der Waals surface area contributed by atoms with E-state index < -0.39 is 8.07 Å². The van der Waals surface area contributed by atoms with Crippen molar-refractivity contribution in [2.24, 2.45) is 0 Å². The van der Waals surface area contributed by atoms with Gasteiger partial charge < -0.3 is 14.0 Å². The summed E-state index contributed by atoms with van der Waals surface area (Å²) in [7, 11) is -1.60. The zero-order chi connectivity index (χ0) is 25.7. The SMILES string of the molecule is CCCCCCCC[Si](C)(C)c1ccc(OC2CCCCO2)c(-n2c3ccccc3c3ccccc32)c1. The molecule has 3 aromatic carbocycles. The zero-order valence-electron chi connectivity index (χ0n) is 23.0. The summed E-state index contributed by atoms with van der Waals surface area (Å²) in [6.45, 7) is 8.15. The molecule has 1 aliphatic heterocycles. The van der Waals surface area contributed by atoms with Gasteiger partial charge in [-0.1, -0.05) is 112 Å². The lowest BCUT2D eigenvalue weighted by Gasteiger charge is -2.28. The second kappa shape index (κ2) is 11.9. The van der Waals surface area contributed by atoms with E-state index in [1.54, 1.807) is 0 Å². The highest BCUT2D eigenvalue weighted by atomic mass is 28.3. The molecule has 1 atom stereocenters. The topological polar surface area (TPSA) is 23.4 Å². The minimum Gasteiger partial charge on any atom is -0.463 e. The van der Waals surface area contributed by atoms with Crippen molar-refractivity contribution in [2.75, 3.05) is 6.61 Å². The van der Waals surface area contributed by atoms with Crippen LogP contribution in [0, 0.1) is 0 Å². The van der Waals surface area contributed by atoms with E-state index in [1.807, 2.05) is 0 Å². The van der Waals surface area contributed by atoms with Gasteiger partial charge in [0.15, 0.2) is 6.29 Å². The molecular weight excluding hydrogens is 470 g/mol. The third-order valence-corrected chi connectivity index (χ3v) is 11.6. The lowest BCUT2D eigenvalue weighted by molar-refractivity contribution is -0.105. The van der Waals surface area contributed by atoms with Crippen LogP contribution in [0.4, 0.5) is 0 Å². The quantitative estimate of drug-likeness (QED) is 0.148. The van der Waals surface area contributed by atoms with Gasteiger partial charge in [-0.2, -0.15) is 0 Å². The first-order chi connectivity index (χ1) is 18.1. The molecule has 0 bridgehead atoms. The standard InChI is InChI=1S/C33H43NO2Si/c1-4-5-6-7-8-15-24-37(2,3)26-21-22-32(36-33-20-13-14-23-35-33)31(25-26)34-29-18-11-9-16-27(29)28-17-10-12-19-30(28)34/h9-12,16-19,21-22,25,33H,4-8,13-15,20,23-24H2,1-3H3. The van der Waals surface area contributed by atoms with Crippen LogP contribution in [0.2, 0.25) is 19.1 Å². The lowest BCUT2D eigenvalue weighted by Crippen LogP contribution is -2.41. The van der Waals surface area contributed by atoms with Crippen LogP contribution >= 0.6 is 0 Å². The van der Waals surface area contributed by atoms with Crippen LogP contribution in [0.3, 0.4) is 0 Å². The molecule has 196 valence electrons. The Balaban J connectivity index is 1.54. The smallest absolute Gasteiger partial charge is 0.199 e.